The number of hydrogen-bond acceptors (Lipinski definition) is 5. The molecule has 6 nitrogen and oxygen atoms in total. The number of halogens is 2. The van der Waals surface area contributed by atoms with Gasteiger partial charge in [0.1, 0.15) is 11.6 Å². The van der Waals surface area contributed by atoms with Gasteiger partial charge >= 0.3 is 0 Å². The van der Waals surface area contributed by atoms with Crippen molar-refractivity contribution in [3.05, 3.63) is 65.6 Å². The normalized spacial score (nSPS) is 11.6. The third kappa shape index (κ3) is 3.89. The van der Waals surface area contributed by atoms with E-state index in [4.69, 9.17) is 4.52 Å². The van der Waals surface area contributed by atoms with E-state index in [0.717, 1.165) is 12.1 Å². The minimum atomic E-state index is -3.86. The standard InChI is InChI=1S/C16H13F2N3O3S/c1-10-8-13(18)6-7-14(10)25(22,23)19-9-15-20-16(21-24-15)11-2-4-12(17)5-3-11/h2-8,19H,9H2,1H3. The maximum Gasteiger partial charge on any atom is 0.242 e. The van der Waals surface area contributed by atoms with Crippen LogP contribution in [0, 0.1) is 18.6 Å². The lowest BCUT2D eigenvalue weighted by molar-refractivity contribution is 0.376. The van der Waals surface area contributed by atoms with E-state index in [1.807, 2.05) is 0 Å². The van der Waals surface area contributed by atoms with E-state index in [-0.39, 0.29) is 28.7 Å². The smallest absolute Gasteiger partial charge is 0.242 e. The first-order valence-electron chi connectivity index (χ1n) is 7.19. The van der Waals surface area contributed by atoms with Gasteiger partial charge in [-0.05, 0) is 55.0 Å². The lowest BCUT2D eigenvalue weighted by atomic mass is 10.2. The first kappa shape index (κ1) is 17.2. The summed E-state index contributed by atoms with van der Waals surface area (Å²) < 4.78 is 57.9. The molecule has 0 radical (unpaired) electrons. The van der Waals surface area contributed by atoms with Crippen LogP contribution in [0.4, 0.5) is 8.78 Å². The Balaban J connectivity index is 1.74. The summed E-state index contributed by atoms with van der Waals surface area (Å²) in [6, 6.07) is 8.86. The number of nitrogens with zero attached hydrogens (tertiary/aromatic N) is 2. The molecule has 0 fully saturated rings. The zero-order valence-corrected chi connectivity index (χ0v) is 13.8. The maximum absolute atomic E-state index is 13.1. The van der Waals surface area contributed by atoms with Crippen LogP contribution in [0.3, 0.4) is 0 Å². The molecule has 130 valence electrons. The zero-order chi connectivity index (χ0) is 18.0. The van der Waals surface area contributed by atoms with Gasteiger partial charge in [0.25, 0.3) is 0 Å². The van der Waals surface area contributed by atoms with E-state index >= 15 is 0 Å². The van der Waals surface area contributed by atoms with Crippen molar-refractivity contribution in [1.82, 2.24) is 14.9 Å². The number of benzene rings is 2. The minimum Gasteiger partial charge on any atom is -0.338 e. The van der Waals surface area contributed by atoms with Crippen LogP contribution in [0.2, 0.25) is 0 Å². The Morgan fingerprint density at radius 1 is 1.08 bits per heavy atom. The average Bonchev–Trinajstić information content (AvgIpc) is 3.02. The average molecular weight is 365 g/mol. The Bertz CT molecular complexity index is 1000. The molecule has 1 N–H and O–H groups in total. The lowest BCUT2D eigenvalue weighted by Crippen LogP contribution is -2.24. The quantitative estimate of drug-likeness (QED) is 0.751. The maximum atomic E-state index is 13.1. The van der Waals surface area contributed by atoms with E-state index < -0.39 is 21.7 Å². The Kier molecular flexibility index (Phi) is 4.60. The van der Waals surface area contributed by atoms with Gasteiger partial charge in [-0.15, -0.1) is 0 Å². The van der Waals surface area contributed by atoms with E-state index in [1.54, 1.807) is 0 Å². The third-order valence-corrected chi connectivity index (χ3v) is 4.97. The van der Waals surface area contributed by atoms with Crippen molar-refractivity contribution in [2.75, 3.05) is 0 Å². The van der Waals surface area contributed by atoms with Crippen LogP contribution in [0.15, 0.2) is 51.9 Å². The van der Waals surface area contributed by atoms with Crippen molar-refractivity contribution in [2.24, 2.45) is 0 Å². The topological polar surface area (TPSA) is 85.1 Å². The second-order valence-corrected chi connectivity index (χ2v) is 6.99. The molecule has 1 heterocycles. The van der Waals surface area contributed by atoms with Crippen LogP contribution >= 0.6 is 0 Å². The predicted octanol–water partition coefficient (Wildman–Crippen LogP) is 2.80. The van der Waals surface area contributed by atoms with Crippen molar-refractivity contribution >= 4 is 10.0 Å². The molecule has 0 saturated carbocycles. The first-order chi connectivity index (χ1) is 11.8. The molecule has 25 heavy (non-hydrogen) atoms. The molecule has 3 aromatic rings. The van der Waals surface area contributed by atoms with Gasteiger partial charge in [0, 0.05) is 5.56 Å². The van der Waals surface area contributed by atoms with Crippen LogP contribution in [-0.2, 0) is 16.6 Å². The molecule has 1 aromatic heterocycles. The van der Waals surface area contributed by atoms with Crippen molar-refractivity contribution in [2.45, 2.75) is 18.4 Å². The number of rotatable bonds is 5. The summed E-state index contributed by atoms with van der Waals surface area (Å²) in [4.78, 5) is 4.02. The molecular weight excluding hydrogens is 352 g/mol. The summed E-state index contributed by atoms with van der Waals surface area (Å²) in [5.74, 6) is -0.651. The molecule has 9 heteroatoms. The highest BCUT2D eigenvalue weighted by Crippen LogP contribution is 2.18. The molecule has 2 aromatic carbocycles. The van der Waals surface area contributed by atoms with Gasteiger partial charge < -0.3 is 4.52 Å². The fourth-order valence-electron chi connectivity index (χ4n) is 2.19. The summed E-state index contributed by atoms with van der Waals surface area (Å²) in [6.45, 7) is 1.27. The number of nitrogens with one attached hydrogen (secondary N) is 1. The molecule has 0 bridgehead atoms. The molecule has 0 aliphatic rings. The largest absolute Gasteiger partial charge is 0.338 e. The van der Waals surface area contributed by atoms with Crippen molar-refractivity contribution in [3.8, 4) is 11.4 Å². The molecule has 0 aliphatic heterocycles. The Labute approximate surface area is 142 Å². The van der Waals surface area contributed by atoms with Crippen molar-refractivity contribution < 1.29 is 21.7 Å². The molecule has 0 amide bonds. The molecule has 0 aliphatic carbocycles. The number of aromatic nitrogens is 2. The molecule has 3 rings (SSSR count). The highest BCUT2D eigenvalue weighted by Gasteiger charge is 2.18. The Morgan fingerprint density at radius 3 is 2.44 bits per heavy atom. The fourth-order valence-corrected chi connectivity index (χ4v) is 3.39. The number of aryl methyl sites for hydroxylation is 1. The van der Waals surface area contributed by atoms with E-state index in [1.165, 1.54) is 37.3 Å². The number of sulfonamides is 1. The Hall–Kier alpha value is -2.65. The second kappa shape index (κ2) is 6.69. The van der Waals surface area contributed by atoms with Crippen LogP contribution < -0.4 is 4.72 Å². The monoisotopic (exact) mass is 365 g/mol. The third-order valence-electron chi connectivity index (χ3n) is 3.41. The van der Waals surface area contributed by atoms with E-state index in [0.29, 0.717) is 5.56 Å². The zero-order valence-electron chi connectivity index (χ0n) is 13.0. The van der Waals surface area contributed by atoms with Gasteiger partial charge in [-0.3, -0.25) is 0 Å². The van der Waals surface area contributed by atoms with Crippen LogP contribution in [0.25, 0.3) is 11.4 Å². The van der Waals surface area contributed by atoms with Gasteiger partial charge in [0.05, 0.1) is 11.4 Å². The lowest BCUT2D eigenvalue weighted by Gasteiger charge is -2.07. The molecule has 0 saturated heterocycles. The summed E-state index contributed by atoms with van der Waals surface area (Å²) in [6.07, 6.45) is 0. The minimum absolute atomic E-state index is 0.0350. The van der Waals surface area contributed by atoms with Crippen LogP contribution in [0.1, 0.15) is 11.5 Å². The molecule has 0 unspecified atom stereocenters. The van der Waals surface area contributed by atoms with Gasteiger partial charge in [-0.2, -0.15) is 4.98 Å². The van der Waals surface area contributed by atoms with Crippen LogP contribution in [-0.4, -0.2) is 18.6 Å². The molecule has 0 atom stereocenters. The molecule has 0 spiro atoms. The van der Waals surface area contributed by atoms with Gasteiger partial charge in [-0.25, -0.2) is 21.9 Å². The predicted molar refractivity (Wildman–Crippen MR) is 84.9 cm³/mol. The van der Waals surface area contributed by atoms with Gasteiger partial charge in [-0.1, -0.05) is 5.16 Å². The van der Waals surface area contributed by atoms with Crippen LogP contribution in [0.5, 0.6) is 0 Å². The molecular formula is C16H13F2N3O3S. The summed E-state index contributed by atoms with van der Waals surface area (Å²) >= 11 is 0. The van der Waals surface area contributed by atoms with Gasteiger partial charge in [0.2, 0.25) is 21.7 Å². The summed E-state index contributed by atoms with van der Waals surface area (Å²) in [5.41, 5.74) is 0.818. The van der Waals surface area contributed by atoms with Crippen molar-refractivity contribution in [1.29, 1.82) is 0 Å². The highest BCUT2D eigenvalue weighted by atomic mass is 32.2. The highest BCUT2D eigenvalue weighted by molar-refractivity contribution is 7.89. The van der Waals surface area contributed by atoms with Gasteiger partial charge in [0.15, 0.2) is 0 Å². The van der Waals surface area contributed by atoms with Crippen molar-refractivity contribution in [3.63, 3.8) is 0 Å². The van der Waals surface area contributed by atoms with E-state index in [2.05, 4.69) is 14.9 Å². The summed E-state index contributed by atoms with van der Waals surface area (Å²) in [7, 11) is -3.86. The fraction of sp³-hybridized carbons (Fsp3) is 0.125. The Morgan fingerprint density at radius 2 is 1.76 bits per heavy atom. The first-order valence-corrected chi connectivity index (χ1v) is 8.68. The van der Waals surface area contributed by atoms with E-state index in [9.17, 15) is 17.2 Å². The SMILES string of the molecule is Cc1cc(F)ccc1S(=O)(=O)NCc1nc(-c2ccc(F)cc2)no1. The number of hydrogen-bond donors (Lipinski definition) is 1. The summed E-state index contributed by atoms with van der Waals surface area (Å²) in [5, 5.41) is 3.73. The second-order valence-electron chi connectivity index (χ2n) is 5.25.